The monoisotopic (exact) mass is 404 g/mol. The van der Waals surface area contributed by atoms with Gasteiger partial charge < -0.3 is 4.74 Å². The van der Waals surface area contributed by atoms with E-state index in [1.165, 1.54) is 0 Å². The molecular formula is C26H20N4O. The molecule has 150 valence electrons. The average molecular weight is 404 g/mol. The van der Waals surface area contributed by atoms with Crippen molar-refractivity contribution in [2.24, 2.45) is 4.99 Å². The van der Waals surface area contributed by atoms with Gasteiger partial charge in [-0.3, -0.25) is 4.40 Å². The fraction of sp³-hybridized carbons (Fsp3) is 0.115. The lowest BCUT2D eigenvalue weighted by atomic mass is 9.92. The Morgan fingerprint density at radius 3 is 2.65 bits per heavy atom. The Morgan fingerprint density at radius 2 is 1.94 bits per heavy atom. The minimum absolute atomic E-state index is 0.519. The summed E-state index contributed by atoms with van der Waals surface area (Å²) in [6.45, 7) is 7.87. The molecule has 0 spiro atoms. The van der Waals surface area contributed by atoms with Gasteiger partial charge >= 0.3 is 0 Å². The molecule has 0 saturated heterocycles. The number of benzene rings is 2. The van der Waals surface area contributed by atoms with Crippen molar-refractivity contribution in [3.8, 4) is 11.9 Å². The number of methoxy groups -OCH3 is 1. The number of hydrogen-bond donors (Lipinski definition) is 0. The number of fused-ring (bicyclic) bond motifs is 4. The number of ether oxygens (including phenoxy) is 1. The van der Waals surface area contributed by atoms with E-state index in [2.05, 4.69) is 18.7 Å². The lowest BCUT2D eigenvalue weighted by Gasteiger charge is -2.16. The minimum Gasteiger partial charge on any atom is -0.481 e. The second-order valence-corrected chi connectivity index (χ2v) is 7.36. The van der Waals surface area contributed by atoms with Crippen molar-refractivity contribution in [3.63, 3.8) is 0 Å². The molecule has 31 heavy (non-hydrogen) atoms. The van der Waals surface area contributed by atoms with Gasteiger partial charge in [-0.2, -0.15) is 5.26 Å². The Bertz CT molecular complexity index is 1510. The number of nitriles is 1. The van der Waals surface area contributed by atoms with Crippen LogP contribution in [0.2, 0.25) is 0 Å². The van der Waals surface area contributed by atoms with E-state index in [0.717, 1.165) is 50.3 Å². The normalized spacial score (nSPS) is 14.0. The highest BCUT2D eigenvalue weighted by molar-refractivity contribution is 6.23. The molecule has 2 aromatic heterocycles. The first-order valence-corrected chi connectivity index (χ1v) is 10.0. The van der Waals surface area contributed by atoms with Crippen molar-refractivity contribution in [2.75, 3.05) is 7.11 Å². The maximum atomic E-state index is 10.0. The molecule has 3 heterocycles. The van der Waals surface area contributed by atoms with Crippen molar-refractivity contribution in [1.82, 2.24) is 9.38 Å². The van der Waals surface area contributed by atoms with Gasteiger partial charge in [0, 0.05) is 11.1 Å². The molecule has 1 aliphatic rings. The molecule has 0 bridgehead atoms. The van der Waals surface area contributed by atoms with Gasteiger partial charge in [-0.1, -0.05) is 49.1 Å². The lowest BCUT2D eigenvalue weighted by Crippen LogP contribution is -2.12. The zero-order valence-corrected chi connectivity index (χ0v) is 17.6. The number of allylic oxidation sites excluding steroid dienone is 1. The van der Waals surface area contributed by atoms with Crippen molar-refractivity contribution >= 4 is 34.2 Å². The molecule has 5 rings (SSSR count). The number of hydrogen-bond acceptors (Lipinski definition) is 4. The molecule has 0 fully saturated rings. The van der Waals surface area contributed by atoms with Gasteiger partial charge in [0.1, 0.15) is 6.07 Å². The highest BCUT2D eigenvalue weighted by Crippen LogP contribution is 2.40. The Labute approximate surface area is 180 Å². The third-order valence-corrected chi connectivity index (χ3v) is 5.83. The van der Waals surface area contributed by atoms with Gasteiger partial charge in [0.25, 0.3) is 0 Å². The van der Waals surface area contributed by atoms with Crippen LogP contribution in [0.3, 0.4) is 0 Å². The second kappa shape index (κ2) is 6.96. The zero-order chi connectivity index (χ0) is 21.7. The Kier molecular flexibility index (Phi) is 4.23. The number of imidazole rings is 1. The van der Waals surface area contributed by atoms with Gasteiger partial charge in [0.05, 0.1) is 40.7 Å². The van der Waals surface area contributed by atoms with Crippen LogP contribution in [0.5, 0.6) is 5.88 Å². The van der Waals surface area contributed by atoms with E-state index in [9.17, 15) is 5.26 Å². The van der Waals surface area contributed by atoms with E-state index in [1.807, 2.05) is 66.8 Å². The van der Waals surface area contributed by atoms with Gasteiger partial charge in [0.2, 0.25) is 5.88 Å². The first kappa shape index (κ1) is 18.8. The summed E-state index contributed by atoms with van der Waals surface area (Å²) in [7, 11) is 1.64. The molecule has 0 unspecified atom stereocenters. The number of nitrogens with zero attached hydrogens (tertiary/aromatic N) is 4. The van der Waals surface area contributed by atoms with Crippen molar-refractivity contribution in [3.05, 3.63) is 88.5 Å². The van der Waals surface area contributed by atoms with E-state index in [0.29, 0.717) is 17.1 Å². The molecule has 0 amide bonds. The Morgan fingerprint density at radius 1 is 1.13 bits per heavy atom. The largest absolute Gasteiger partial charge is 0.481 e. The number of aliphatic imine (C=N–C) groups is 1. The van der Waals surface area contributed by atoms with Crippen LogP contribution in [0.4, 0.5) is 0 Å². The maximum Gasteiger partial charge on any atom is 0.209 e. The Balaban J connectivity index is 1.96. The van der Waals surface area contributed by atoms with Gasteiger partial charge in [-0.15, -0.1) is 0 Å². The summed E-state index contributed by atoms with van der Waals surface area (Å²) in [4.78, 5) is 9.70. The third-order valence-electron chi connectivity index (χ3n) is 5.83. The molecule has 5 heteroatoms. The maximum absolute atomic E-state index is 10.0. The third kappa shape index (κ3) is 2.48. The predicted molar refractivity (Wildman–Crippen MR) is 125 cm³/mol. The molecule has 1 aliphatic heterocycles. The number of para-hydroxylation sites is 2. The van der Waals surface area contributed by atoms with Crippen LogP contribution >= 0.6 is 0 Å². The molecule has 0 N–H and O–H groups in total. The Hall–Kier alpha value is -4.17. The molecule has 0 atom stereocenters. The van der Waals surface area contributed by atoms with Gasteiger partial charge in [-0.25, -0.2) is 9.98 Å². The zero-order valence-electron chi connectivity index (χ0n) is 17.6. The standard InChI is InChI=1S/C26H20N4O/c1-5-16-10-9-11-17-23(16)19(6-2)28-24(17)22-15(3)18(14-27)25-29-20-12-7-8-13-21(20)30(25)26(22)31-4/h5-13H,1H2,2-4H3/b19-6+. The summed E-state index contributed by atoms with van der Waals surface area (Å²) < 4.78 is 7.87. The summed E-state index contributed by atoms with van der Waals surface area (Å²) in [6, 6.07) is 16.3. The summed E-state index contributed by atoms with van der Waals surface area (Å²) >= 11 is 0. The van der Waals surface area contributed by atoms with Crippen molar-refractivity contribution < 1.29 is 4.74 Å². The molecular weight excluding hydrogens is 384 g/mol. The number of pyridine rings is 1. The fourth-order valence-corrected chi connectivity index (χ4v) is 4.43. The molecule has 0 radical (unpaired) electrons. The summed E-state index contributed by atoms with van der Waals surface area (Å²) in [6.07, 6.45) is 3.84. The highest BCUT2D eigenvalue weighted by atomic mass is 16.5. The van der Waals surface area contributed by atoms with E-state index >= 15 is 0 Å². The second-order valence-electron chi connectivity index (χ2n) is 7.36. The summed E-state index contributed by atoms with van der Waals surface area (Å²) in [5, 5.41) is 10.0. The molecule has 4 aromatic rings. The molecule has 0 saturated carbocycles. The number of aromatic nitrogens is 2. The summed E-state index contributed by atoms with van der Waals surface area (Å²) in [5.74, 6) is 0.617. The van der Waals surface area contributed by atoms with E-state index in [4.69, 9.17) is 14.7 Å². The quantitative estimate of drug-likeness (QED) is 0.451. The van der Waals surface area contributed by atoms with Crippen molar-refractivity contribution in [1.29, 1.82) is 5.26 Å². The summed E-state index contributed by atoms with van der Waals surface area (Å²) in [5.41, 5.74) is 9.15. The highest BCUT2D eigenvalue weighted by Gasteiger charge is 2.30. The molecule has 2 aromatic carbocycles. The van der Waals surface area contributed by atoms with Gasteiger partial charge in [0.15, 0.2) is 5.65 Å². The van der Waals surface area contributed by atoms with Crippen LogP contribution < -0.4 is 4.74 Å². The van der Waals surface area contributed by atoms with Crippen LogP contribution in [-0.2, 0) is 0 Å². The topological polar surface area (TPSA) is 62.7 Å². The first-order valence-electron chi connectivity index (χ1n) is 10.0. The van der Waals surface area contributed by atoms with E-state index in [1.54, 1.807) is 7.11 Å². The first-order chi connectivity index (χ1) is 15.1. The smallest absolute Gasteiger partial charge is 0.209 e. The minimum atomic E-state index is 0.519. The van der Waals surface area contributed by atoms with Crippen molar-refractivity contribution in [2.45, 2.75) is 13.8 Å². The van der Waals surface area contributed by atoms with Crippen LogP contribution in [0, 0.1) is 18.3 Å². The fourth-order valence-electron chi connectivity index (χ4n) is 4.43. The van der Waals surface area contributed by atoms with Crippen LogP contribution in [-0.4, -0.2) is 22.2 Å². The molecule has 5 nitrogen and oxygen atoms in total. The van der Waals surface area contributed by atoms with Gasteiger partial charge in [-0.05, 0) is 37.1 Å². The average Bonchev–Trinajstić information content (AvgIpc) is 3.36. The molecule has 0 aliphatic carbocycles. The van der Waals surface area contributed by atoms with Crippen LogP contribution in [0.15, 0.2) is 60.1 Å². The predicted octanol–water partition coefficient (Wildman–Crippen LogP) is 5.53. The van der Waals surface area contributed by atoms with Crippen LogP contribution in [0.1, 0.15) is 40.3 Å². The number of rotatable bonds is 3. The van der Waals surface area contributed by atoms with E-state index in [-0.39, 0.29) is 0 Å². The lowest BCUT2D eigenvalue weighted by molar-refractivity contribution is 0.393. The van der Waals surface area contributed by atoms with E-state index < -0.39 is 0 Å². The SMILES string of the molecule is C=Cc1cccc2c1/C(=C\C)N=C2c1c(C)c(C#N)c2nc3ccccc3n2c1OC. The van der Waals surface area contributed by atoms with Crippen LogP contribution in [0.25, 0.3) is 28.5 Å².